The van der Waals surface area contributed by atoms with Gasteiger partial charge in [-0.3, -0.25) is 19.4 Å². The molecule has 0 unspecified atom stereocenters. The second-order valence-corrected chi connectivity index (χ2v) is 7.01. The van der Waals surface area contributed by atoms with Gasteiger partial charge in [0.1, 0.15) is 5.57 Å². The molecule has 0 spiro atoms. The predicted molar refractivity (Wildman–Crippen MR) is 100 cm³/mol. The van der Waals surface area contributed by atoms with E-state index in [-0.39, 0.29) is 17.4 Å². The first-order valence-corrected chi connectivity index (χ1v) is 8.79. The molecule has 1 aliphatic heterocycles. The molecule has 1 aliphatic carbocycles. The molecule has 2 amide bonds. The van der Waals surface area contributed by atoms with Crippen LogP contribution in [0.1, 0.15) is 48.5 Å². The van der Waals surface area contributed by atoms with E-state index >= 15 is 0 Å². The van der Waals surface area contributed by atoms with E-state index in [0.29, 0.717) is 18.2 Å². The molecular weight excluding hydrogens is 320 g/mol. The normalized spacial score (nSPS) is 21.5. The maximum Gasteiger partial charge on any atom is 0.265 e. The smallest absolute Gasteiger partial charge is 0.265 e. The van der Waals surface area contributed by atoms with Gasteiger partial charge in [-0.15, -0.1) is 0 Å². The van der Waals surface area contributed by atoms with Crippen molar-refractivity contribution in [2.45, 2.75) is 48.5 Å². The van der Waals surface area contributed by atoms with Crippen molar-refractivity contribution in [3.63, 3.8) is 0 Å². The maximum atomic E-state index is 12.8. The summed E-state index contributed by atoms with van der Waals surface area (Å²) in [4.78, 5) is 28.7. The predicted octanol–water partition coefficient (Wildman–Crippen LogP) is 3.60. The molecule has 0 aromatic rings. The van der Waals surface area contributed by atoms with E-state index in [9.17, 15) is 9.59 Å². The lowest BCUT2D eigenvalue weighted by atomic mass is 9.77. The minimum absolute atomic E-state index is 0.219. The van der Waals surface area contributed by atoms with Gasteiger partial charge in [-0.1, -0.05) is 17.2 Å². The van der Waals surface area contributed by atoms with Crippen LogP contribution in [0.3, 0.4) is 0 Å². The van der Waals surface area contributed by atoms with Crippen LogP contribution in [-0.4, -0.2) is 39.8 Å². The second-order valence-electron chi connectivity index (χ2n) is 6.64. The molecule has 4 nitrogen and oxygen atoms in total. The molecule has 1 saturated heterocycles. The molecule has 5 heteroatoms. The van der Waals surface area contributed by atoms with E-state index in [4.69, 9.17) is 12.2 Å². The summed E-state index contributed by atoms with van der Waals surface area (Å²) in [7, 11) is 0. The lowest BCUT2D eigenvalue weighted by Gasteiger charge is -2.37. The van der Waals surface area contributed by atoms with Crippen LogP contribution in [0.5, 0.6) is 0 Å². The second kappa shape index (κ2) is 6.28. The molecule has 0 N–H and O–H groups in total. The number of thiocarbonyl (C=S) groups is 1. The molecular formula is C19H26N2O2S. The molecule has 0 atom stereocenters. The Bertz CT molecular complexity index is 676. The Morgan fingerprint density at radius 1 is 0.917 bits per heavy atom. The third-order valence-electron chi connectivity index (χ3n) is 5.72. The van der Waals surface area contributed by atoms with Gasteiger partial charge < -0.3 is 0 Å². The molecule has 0 saturated carbocycles. The van der Waals surface area contributed by atoms with Crippen LogP contribution in [0.4, 0.5) is 0 Å². The Morgan fingerprint density at radius 3 is 1.62 bits per heavy atom. The highest BCUT2D eigenvalue weighted by Crippen LogP contribution is 2.48. The molecule has 2 rings (SSSR count). The summed E-state index contributed by atoms with van der Waals surface area (Å²) in [6.45, 7) is 15.1. The lowest BCUT2D eigenvalue weighted by Crippen LogP contribution is -2.56. The van der Waals surface area contributed by atoms with E-state index in [1.165, 1.54) is 32.1 Å². The fraction of sp³-hybridized carbons (Fsp3) is 0.526. The molecule has 130 valence electrons. The molecule has 0 bridgehead atoms. The highest BCUT2D eigenvalue weighted by atomic mass is 32.1. The van der Waals surface area contributed by atoms with E-state index < -0.39 is 5.41 Å². The number of allylic oxidation sites excluding steroid dienone is 5. The standard InChI is InChI=1S/C19H26N2O2S/c1-8-20-16(22)15(17(23)21(9-2)18(20)24)10-19(7)13(5)11(3)12(4)14(19)6/h10H,8-9H2,1-7H3. The van der Waals surface area contributed by atoms with Gasteiger partial charge in [0.15, 0.2) is 5.11 Å². The minimum atomic E-state index is -0.410. The molecule has 0 aromatic carbocycles. The molecule has 0 radical (unpaired) electrons. The average Bonchev–Trinajstić information content (AvgIpc) is 2.69. The van der Waals surface area contributed by atoms with Crippen molar-refractivity contribution in [1.29, 1.82) is 0 Å². The zero-order valence-corrected chi connectivity index (χ0v) is 16.4. The molecule has 1 heterocycles. The maximum absolute atomic E-state index is 12.8. The number of carbonyl (C=O) groups is 2. The SMILES string of the molecule is CCN1C(=O)C(=CC2(C)C(C)=C(C)C(C)=C2C)C(=O)N(CC)C1=S. The fourth-order valence-electron chi connectivity index (χ4n) is 3.51. The zero-order chi connectivity index (χ0) is 18.4. The largest absolute Gasteiger partial charge is 0.285 e. The average molecular weight is 346 g/mol. The Morgan fingerprint density at radius 2 is 1.29 bits per heavy atom. The van der Waals surface area contributed by atoms with Crippen LogP contribution in [0, 0.1) is 5.41 Å². The van der Waals surface area contributed by atoms with Gasteiger partial charge in [0.05, 0.1) is 0 Å². The summed E-state index contributed by atoms with van der Waals surface area (Å²) in [6, 6.07) is 0. The number of nitrogens with zero attached hydrogens (tertiary/aromatic N) is 2. The van der Waals surface area contributed by atoms with Crippen molar-refractivity contribution < 1.29 is 9.59 Å². The van der Waals surface area contributed by atoms with Gasteiger partial charge in [-0.05, 0) is 71.8 Å². The van der Waals surface area contributed by atoms with Crippen LogP contribution < -0.4 is 0 Å². The van der Waals surface area contributed by atoms with Gasteiger partial charge in [0.2, 0.25) is 0 Å². The summed E-state index contributed by atoms with van der Waals surface area (Å²) < 4.78 is 0. The number of rotatable bonds is 3. The molecule has 24 heavy (non-hydrogen) atoms. The highest BCUT2D eigenvalue weighted by molar-refractivity contribution is 7.80. The minimum Gasteiger partial charge on any atom is -0.285 e. The Kier molecular flexibility index (Phi) is 4.86. The van der Waals surface area contributed by atoms with Crippen molar-refractivity contribution in [2.75, 3.05) is 13.1 Å². The van der Waals surface area contributed by atoms with Crippen molar-refractivity contribution in [3.8, 4) is 0 Å². The molecule has 2 aliphatic rings. The van der Waals surface area contributed by atoms with Gasteiger partial charge in [0.25, 0.3) is 11.8 Å². The first-order chi connectivity index (χ1) is 11.1. The summed E-state index contributed by atoms with van der Waals surface area (Å²) in [5.41, 5.74) is 4.65. The monoisotopic (exact) mass is 346 g/mol. The van der Waals surface area contributed by atoms with Crippen molar-refractivity contribution in [3.05, 3.63) is 33.9 Å². The summed E-state index contributed by atoms with van der Waals surface area (Å²) >= 11 is 5.31. The Labute approximate surface area is 149 Å². The fourth-order valence-corrected chi connectivity index (χ4v) is 3.93. The van der Waals surface area contributed by atoms with E-state index in [0.717, 1.165) is 0 Å². The van der Waals surface area contributed by atoms with E-state index in [1.807, 2.05) is 19.9 Å². The summed E-state index contributed by atoms with van der Waals surface area (Å²) in [6.07, 6.45) is 1.84. The van der Waals surface area contributed by atoms with Crippen molar-refractivity contribution >= 4 is 29.1 Å². The van der Waals surface area contributed by atoms with Crippen LogP contribution in [0.25, 0.3) is 0 Å². The van der Waals surface area contributed by atoms with Crippen LogP contribution in [-0.2, 0) is 9.59 Å². The molecule has 1 fully saturated rings. The van der Waals surface area contributed by atoms with Gasteiger partial charge in [-0.25, -0.2) is 0 Å². The first-order valence-electron chi connectivity index (χ1n) is 8.38. The van der Waals surface area contributed by atoms with Crippen LogP contribution >= 0.6 is 12.2 Å². The Hall–Kier alpha value is -1.75. The van der Waals surface area contributed by atoms with Crippen LogP contribution in [0.15, 0.2) is 33.9 Å². The summed E-state index contributed by atoms with van der Waals surface area (Å²) in [5.74, 6) is -0.581. The third kappa shape index (κ3) is 2.46. The summed E-state index contributed by atoms with van der Waals surface area (Å²) in [5, 5.41) is 0.301. The first kappa shape index (κ1) is 18.6. The van der Waals surface area contributed by atoms with Gasteiger partial charge >= 0.3 is 0 Å². The topological polar surface area (TPSA) is 40.6 Å². The highest BCUT2D eigenvalue weighted by Gasteiger charge is 2.42. The number of carbonyl (C=O) groups excluding carboxylic acids is 2. The third-order valence-corrected chi connectivity index (χ3v) is 6.16. The van der Waals surface area contributed by atoms with Gasteiger partial charge in [0, 0.05) is 18.5 Å². The number of hydrogen-bond acceptors (Lipinski definition) is 3. The quantitative estimate of drug-likeness (QED) is 0.445. The number of amides is 2. The van der Waals surface area contributed by atoms with E-state index in [1.54, 1.807) is 0 Å². The van der Waals surface area contributed by atoms with Crippen molar-refractivity contribution in [2.24, 2.45) is 5.41 Å². The number of hydrogen-bond donors (Lipinski definition) is 0. The molecule has 0 aromatic heterocycles. The Balaban J connectivity index is 2.62. The van der Waals surface area contributed by atoms with Crippen LogP contribution in [0.2, 0.25) is 0 Å². The zero-order valence-electron chi connectivity index (χ0n) is 15.6. The van der Waals surface area contributed by atoms with E-state index in [2.05, 4.69) is 34.6 Å². The lowest BCUT2D eigenvalue weighted by molar-refractivity contribution is -0.133. The van der Waals surface area contributed by atoms with Gasteiger partial charge in [-0.2, -0.15) is 0 Å². The number of likely N-dealkylation sites (N-methyl/N-ethyl adjacent to an activating group) is 2. The van der Waals surface area contributed by atoms with Crippen molar-refractivity contribution in [1.82, 2.24) is 9.80 Å².